The number of halogens is 1. The monoisotopic (exact) mass is 178 g/mol. The number of carbonyl (C=O) groups is 1. The summed E-state index contributed by atoms with van der Waals surface area (Å²) < 4.78 is 0. The second kappa shape index (κ2) is 4.57. The van der Waals surface area contributed by atoms with Crippen molar-refractivity contribution in [2.75, 3.05) is 0 Å². The van der Waals surface area contributed by atoms with Gasteiger partial charge in [0.2, 0.25) is 5.91 Å². The van der Waals surface area contributed by atoms with E-state index in [9.17, 15) is 4.79 Å². The van der Waals surface area contributed by atoms with Gasteiger partial charge in [-0.1, -0.05) is 6.42 Å². The summed E-state index contributed by atoms with van der Waals surface area (Å²) in [6.45, 7) is 0. The molecule has 0 aromatic carbocycles. The van der Waals surface area contributed by atoms with Crippen LogP contribution in [0.5, 0.6) is 0 Å². The van der Waals surface area contributed by atoms with Crippen molar-refractivity contribution < 1.29 is 4.79 Å². The Morgan fingerprint density at radius 3 is 2.36 bits per heavy atom. The van der Waals surface area contributed by atoms with Crippen LogP contribution >= 0.6 is 12.4 Å². The smallest absolute Gasteiger partial charge is 0.220 e. The summed E-state index contributed by atoms with van der Waals surface area (Å²) in [5.41, 5.74) is 10.8. The fraction of sp³-hybridized carbons (Fsp3) is 0.857. The fourth-order valence-electron chi connectivity index (χ4n) is 1.49. The predicted molar refractivity (Wildman–Crippen MR) is 46.4 cm³/mol. The zero-order valence-electron chi connectivity index (χ0n) is 6.45. The van der Waals surface area contributed by atoms with Crippen molar-refractivity contribution in [2.24, 2.45) is 17.4 Å². The molecule has 0 aromatic heterocycles. The highest BCUT2D eigenvalue weighted by atomic mass is 35.5. The van der Waals surface area contributed by atoms with Gasteiger partial charge in [0.15, 0.2) is 0 Å². The summed E-state index contributed by atoms with van der Waals surface area (Å²) in [4.78, 5) is 10.7. The predicted octanol–water partition coefficient (Wildman–Crippen LogP) is 0.411. The van der Waals surface area contributed by atoms with Crippen LogP contribution in [-0.2, 0) is 4.79 Å². The molecule has 3 nitrogen and oxygen atoms in total. The minimum atomic E-state index is -0.185. The number of amides is 1. The van der Waals surface area contributed by atoms with Crippen LogP contribution in [0.4, 0.5) is 0 Å². The van der Waals surface area contributed by atoms with Crippen molar-refractivity contribution >= 4 is 18.3 Å². The van der Waals surface area contributed by atoms with Gasteiger partial charge in [0.1, 0.15) is 0 Å². The molecule has 0 aromatic rings. The number of primary amides is 1. The van der Waals surface area contributed by atoms with Crippen molar-refractivity contribution in [1.29, 1.82) is 0 Å². The Hall–Kier alpha value is -0.280. The van der Waals surface area contributed by atoms with Crippen LogP contribution in [0.2, 0.25) is 0 Å². The summed E-state index contributed by atoms with van der Waals surface area (Å²) in [7, 11) is 0. The van der Waals surface area contributed by atoms with Crippen LogP contribution < -0.4 is 11.5 Å². The van der Waals surface area contributed by atoms with Gasteiger partial charge in [-0.3, -0.25) is 4.79 Å². The average Bonchev–Trinajstić information content (AvgIpc) is 1.88. The Kier molecular flexibility index (Phi) is 4.45. The van der Waals surface area contributed by atoms with E-state index in [1.54, 1.807) is 0 Å². The summed E-state index contributed by atoms with van der Waals surface area (Å²) in [5, 5.41) is 0. The number of hydrogen-bond donors (Lipinski definition) is 2. The normalized spacial score (nSPS) is 30.6. The molecular weight excluding hydrogens is 164 g/mol. The maximum atomic E-state index is 10.7. The van der Waals surface area contributed by atoms with Crippen molar-refractivity contribution in [2.45, 2.75) is 31.7 Å². The van der Waals surface area contributed by atoms with E-state index in [2.05, 4.69) is 0 Å². The van der Waals surface area contributed by atoms with Crippen molar-refractivity contribution in [3.63, 3.8) is 0 Å². The molecule has 1 saturated carbocycles. The molecule has 4 N–H and O–H groups in total. The third-order valence-electron chi connectivity index (χ3n) is 2.12. The number of hydrogen-bond acceptors (Lipinski definition) is 2. The SMILES string of the molecule is Cl.NC(=O)[C@H]1CCC[C@H](N)C1. The first-order valence-electron chi connectivity index (χ1n) is 3.75. The third kappa shape index (κ3) is 3.08. The quantitative estimate of drug-likeness (QED) is 0.611. The van der Waals surface area contributed by atoms with Gasteiger partial charge in [-0.15, -0.1) is 12.4 Å². The van der Waals surface area contributed by atoms with Gasteiger partial charge in [-0.2, -0.15) is 0 Å². The van der Waals surface area contributed by atoms with E-state index < -0.39 is 0 Å². The van der Waals surface area contributed by atoms with Crippen LogP contribution in [0.1, 0.15) is 25.7 Å². The Bertz CT molecular complexity index is 140. The van der Waals surface area contributed by atoms with Gasteiger partial charge in [0.05, 0.1) is 0 Å². The van der Waals surface area contributed by atoms with Gasteiger partial charge in [0.25, 0.3) is 0 Å². The first-order chi connectivity index (χ1) is 4.70. The zero-order valence-corrected chi connectivity index (χ0v) is 7.27. The zero-order chi connectivity index (χ0) is 7.56. The van der Waals surface area contributed by atoms with Crippen LogP contribution in [0, 0.1) is 5.92 Å². The van der Waals surface area contributed by atoms with Crippen molar-refractivity contribution in [3.05, 3.63) is 0 Å². The van der Waals surface area contributed by atoms with E-state index in [0.29, 0.717) is 0 Å². The molecule has 1 aliphatic carbocycles. The van der Waals surface area contributed by atoms with Crippen LogP contribution in [0.25, 0.3) is 0 Å². The number of carbonyl (C=O) groups excluding carboxylic acids is 1. The molecule has 1 amide bonds. The third-order valence-corrected chi connectivity index (χ3v) is 2.12. The molecule has 2 atom stereocenters. The first-order valence-corrected chi connectivity index (χ1v) is 3.75. The Morgan fingerprint density at radius 1 is 1.36 bits per heavy atom. The Balaban J connectivity index is 0.000001000. The summed E-state index contributed by atoms with van der Waals surface area (Å²) in [6, 6.07) is 0.200. The van der Waals surface area contributed by atoms with Gasteiger partial charge in [-0.05, 0) is 19.3 Å². The molecule has 0 spiro atoms. The first kappa shape index (κ1) is 10.7. The number of rotatable bonds is 1. The molecular formula is C7H15ClN2O. The Labute approximate surface area is 72.9 Å². The second-order valence-corrected chi connectivity index (χ2v) is 3.03. The second-order valence-electron chi connectivity index (χ2n) is 3.03. The highest BCUT2D eigenvalue weighted by molar-refractivity contribution is 5.85. The topological polar surface area (TPSA) is 69.1 Å². The van der Waals surface area contributed by atoms with E-state index >= 15 is 0 Å². The van der Waals surface area contributed by atoms with Crippen LogP contribution in [0.3, 0.4) is 0 Å². The standard InChI is InChI=1S/C7H14N2O.ClH/c8-6-3-1-2-5(4-6)7(9)10;/h5-6H,1-4,8H2,(H2,9,10);1H/t5-,6-;/m0./s1. The molecule has 1 aliphatic rings. The highest BCUT2D eigenvalue weighted by Crippen LogP contribution is 2.22. The molecule has 66 valence electrons. The molecule has 0 bridgehead atoms. The van der Waals surface area contributed by atoms with E-state index in [0.717, 1.165) is 25.7 Å². The average molecular weight is 179 g/mol. The molecule has 1 rings (SSSR count). The summed E-state index contributed by atoms with van der Waals surface area (Å²) in [6.07, 6.45) is 3.82. The maximum absolute atomic E-state index is 10.7. The largest absolute Gasteiger partial charge is 0.369 e. The minimum Gasteiger partial charge on any atom is -0.369 e. The summed E-state index contributed by atoms with van der Waals surface area (Å²) in [5.74, 6) is -0.140. The lowest BCUT2D eigenvalue weighted by Gasteiger charge is -2.23. The van der Waals surface area contributed by atoms with Crippen LogP contribution in [-0.4, -0.2) is 11.9 Å². The molecule has 4 heteroatoms. The number of nitrogens with two attached hydrogens (primary N) is 2. The molecule has 0 saturated heterocycles. The van der Waals surface area contributed by atoms with E-state index in [1.165, 1.54) is 0 Å². The summed E-state index contributed by atoms with van der Waals surface area (Å²) >= 11 is 0. The molecule has 11 heavy (non-hydrogen) atoms. The Morgan fingerprint density at radius 2 is 2.00 bits per heavy atom. The van der Waals surface area contributed by atoms with Gasteiger partial charge >= 0.3 is 0 Å². The highest BCUT2D eigenvalue weighted by Gasteiger charge is 2.22. The molecule has 0 aliphatic heterocycles. The van der Waals surface area contributed by atoms with Gasteiger partial charge < -0.3 is 11.5 Å². The van der Waals surface area contributed by atoms with E-state index in [4.69, 9.17) is 11.5 Å². The molecule has 0 unspecified atom stereocenters. The van der Waals surface area contributed by atoms with E-state index in [1.807, 2.05) is 0 Å². The molecule has 0 heterocycles. The minimum absolute atomic E-state index is 0. The fourth-order valence-corrected chi connectivity index (χ4v) is 1.49. The van der Waals surface area contributed by atoms with Gasteiger partial charge in [-0.25, -0.2) is 0 Å². The molecule has 1 fully saturated rings. The van der Waals surface area contributed by atoms with Gasteiger partial charge in [0, 0.05) is 12.0 Å². The van der Waals surface area contributed by atoms with E-state index in [-0.39, 0.29) is 30.3 Å². The van der Waals surface area contributed by atoms with Crippen molar-refractivity contribution in [1.82, 2.24) is 0 Å². The lowest BCUT2D eigenvalue weighted by Crippen LogP contribution is -2.34. The van der Waals surface area contributed by atoms with Crippen molar-refractivity contribution in [3.8, 4) is 0 Å². The van der Waals surface area contributed by atoms with Crippen LogP contribution in [0.15, 0.2) is 0 Å². The lowest BCUT2D eigenvalue weighted by atomic mass is 9.86. The lowest BCUT2D eigenvalue weighted by molar-refractivity contribution is -0.122. The maximum Gasteiger partial charge on any atom is 0.220 e. The molecule has 0 radical (unpaired) electrons.